The topological polar surface area (TPSA) is 67.4 Å². The van der Waals surface area contributed by atoms with Crippen LogP contribution in [-0.2, 0) is 16.1 Å². The first-order valence-electron chi connectivity index (χ1n) is 9.53. The number of ether oxygens (including phenoxy) is 1. The Kier molecular flexibility index (Phi) is 8.25. The van der Waals surface area contributed by atoms with Crippen LogP contribution in [0.2, 0.25) is 0 Å². The highest BCUT2D eigenvalue weighted by molar-refractivity contribution is 5.85. The molecule has 7 heteroatoms. The summed E-state index contributed by atoms with van der Waals surface area (Å²) in [5, 5.41) is 3.34. The monoisotopic (exact) mass is 382 g/mol. The van der Waals surface area contributed by atoms with Crippen molar-refractivity contribution in [1.82, 2.24) is 20.2 Å². The minimum absolute atomic E-state index is 0. The predicted octanol–water partition coefficient (Wildman–Crippen LogP) is 2.35. The number of halogens is 1. The minimum Gasteiger partial charge on any atom is -0.381 e. The zero-order valence-corrected chi connectivity index (χ0v) is 16.6. The summed E-state index contributed by atoms with van der Waals surface area (Å²) in [6, 6.07) is 0.244. The standard InChI is InChI=1S/C19H30N4O2.ClH/c1-3-4-16-11-23(12-17-10-20-14(2)9-21-17)13-18(16)22-19(24)15-5-7-25-8-6-15;/h9-10,15-16,18H,3-8,11-13H2,1-2H3,(H,22,24);1H/t16-,18-;/m0./s1. The van der Waals surface area contributed by atoms with Crippen molar-refractivity contribution in [2.24, 2.45) is 11.8 Å². The highest BCUT2D eigenvalue weighted by Gasteiger charge is 2.34. The molecule has 2 saturated heterocycles. The van der Waals surface area contributed by atoms with E-state index in [0.29, 0.717) is 19.1 Å². The smallest absolute Gasteiger partial charge is 0.223 e. The van der Waals surface area contributed by atoms with Crippen LogP contribution >= 0.6 is 12.4 Å². The Labute approximate surface area is 162 Å². The number of carbonyl (C=O) groups is 1. The summed E-state index contributed by atoms with van der Waals surface area (Å²) < 4.78 is 5.37. The number of hydrogen-bond donors (Lipinski definition) is 1. The van der Waals surface area contributed by atoms with E-state index in [4.69, 9.17) is 4.74 Å². The van der Waals surface area contributed by atoms with Crippen molar-refractivity contribution in [3.8, 4) is 0 Å². The summed E-state index contributed by atoms with van der Waals surface area (Å²) in [7, 11) is 0. The van der Waals surface area contributed by atoms with Gasteiger partial charge in [0.2, 0.25) is 5.91 Å². The first-order valence-corrected chi connectivity index (χ1v) is 9.53. The van der Waals surface area contributed by atoms with E-state index in [1.165, 1.54) is 0 Å². The van der Waals surface area contributed by atoms with Crippen LogP contribution in [0.3, 0.4) is 0 Å². The maximum atomic E-state index is 12.6. The lowest BCUT2D eigenvalue weighted by Gasteiger charge is -2.25. The molecular formula is C19H31ClN4O2. The zero-order valence-electron chi connectivity index (χ0n) is 15.8. The number of amides is 1. The van der Waals surface area contributed by atoms with Gasteiger partial charge in [-0.25, -0.2) is 0 Å². The second-order valence-corrected chi connectivity index (χ2v) is 7.39. The third-order valence-electron chi connectivity index (χ3n) is 5.32. The van der Waals surface area contributed by atoms with Gasteiger partial charge in [0, 0.05) is 57.2 Å². The molecule has 146 valence electrons. The first kappa shape index (κ1) is 21.1. The zero-order chi connectivity index (χ0) is 17.6. The van der Waals surface area contributed by atoms with Crippen LogP contribution in [0.15, 0.2) is 12.4 Å². The number of aryl methyl sites for hydroxylation is 1. The molecule has 2 aliphatic heterocycles. The Hall–Kier alpha value is -1.24. The van der Waals surface area contributed by atoms with E-state index in [-0.39, 0.29) is 30.3 Å². The quantitative estimate of drug-likeness (QED) is 0.818. The van der Waals surface area contributed by atoms with Gasteiger partial charge in [-0.2, -0.15) is 0 Å². The summed E-state index contributed by atoms with van der Waals surface area (Å²) in [4.78, 5) is 23.8. The first-order chi connectivity index (χ1) is 12.2. The molecule has 1 aromatic heterocycles. The molecule has 2 atom stereocenters. The number of rotatable bonds is 6. The highest BCUT2D eigenvalue weighted by atomic mass is 35.5. The molecule has 1 amide bonds. The van der Waals surface area contributed by atoms with Gasteiger partial charge in [0.1, 0.15) is 0 Å². The van der Waals surface area contributed by atoms with Crippen molar-refractivity contribution in [1.29, 1.82) is 0 Å². The maximum absolute atomic E-state index is 12.6. The fourth-order valence-corrected chi connectivity index (χ4v) is 3.91. The van der Waals surface area contributed by atoms with E-state index in [2.05, 4.69) is 27.1 Å². The van der Waals surface area contributed by atoms with Gasteiger partial charge in [-0.15, -0.1) is 12.4 Å². The predicted molar refractivity (Wildman–Crippen MR) is 103 cm³/mol. The van der Waals surface area contributed by atoms with E-state index in [0.717, 1.165) is 56.7 Å². The van der Waals surface area contributed by atoms with Crippen LogP contribution in [0.1, 0.15) is 44.0 Å². The molecular weight excluding hydrogens is 352 g/mol. The molecule has 3 heterocycles. The molecule has 0 aliphatic carbocycles. The third-order valence-corrected chi connectivity index (χ3v) is 5.32. The number of carbonyl (C=O) groups excluding carboxylic acids is 1. The minimum atomic E-state index is 0. The molecule has 0 aromatic carbocycles. The van der Waals surface area contributed by atoms with Gasteiger partial charge in [0.25, 0.3) is 0 Å². The Bertz CT molecular complexity index is 563. The van der Waals surface area contributed by atoms with E-state index in [1.807, 2.05) is 19.3 Å². The van der Waals surface area contributed by atoms with Gasteiger partial charge in [-0.05, 0) is 32.1 Å². The average Bonchev–Trinajstić information content (AvgIpc) is 2.99. The lowest BCUT2D eigenvalue weighted by Crippen LogP contribution is -2.44. The normalized spacial score (nSPS) is 24.2. The number of hydrogen-bond acceptors (Lipinski definition) is 5. The summed E-state index contributed by atoms with van der Waals surface area (Å²) in [6.45, 7) is 8.30. The van der Waals surface area contributed by atoms with Crippen molar-refractivity contribution in [3.63, 3.8) is 0 Å². The van der Waals surface area contributed by atoms with Crippen molar-refractivity contribution in [2.45, 2.75) is 52.1 Å². The largest absolute Gasteiger partial charge is 0.381 e. The number of nitrogens with zero attached hydrogens (tertiary/aromatic N) is 3. The van der Waals surface area contributed by atoms with Crippen LogP contribution in [-0.4, -0.2) is 53.1 Å². The van der Waals surface area contributed by atoms with Crippen LogP contribution in [0.5, 0.6) is 0 Å². The van der Waals surface area contributed by atoms with Crippen LogP contribution in [0.25, 0.3) is 0 Å². The molecule has 1 N–H and O–H groups in total. The maximum Gasteiger partial charge on any atom is 0.223 e. The van der Waals surface area contributed by atoms with Gasteiger partial charge < -0.3 is 10.1 Å². The van der Waals surface area contributed by atoms with Crippen LogP contribution in [0, 0.1) is 18.8 Å². The summed E-state index contributed by atoms with van der Waals surface area (Å²) in [5.41, 5.74) is 1.94. The Morgan fingerprint density at radius 3 is 2.69 bits per heavy atom. The number of likely N-dealkylation sites (tertiary alicyclic amines) is 1. The number of aromatic nitrogens is 2. The second-order valence-electron chi connectivity index (χ2n) is 7.39. The highest BCUT2D eigenvalue weighted by Crippen LogP contribution is 2.24. The van der Waals surface area contributed by atoms with E-state index in [1.54, 1.807) is 0 Å². The third kappa shape index (κ3) is 5.63. The lowest BCUT2D eigenvalue weighted by atomic mass is 9.95. The van der Waals surface area contributed by atoms with Gasteiger partial charge in [0.15, 0.2) is 0 Å². The molecule has 0 spiro atoms. The Morgan fingerprint density at radius 1 is 1.27 bits per heavy atom. The van der Waals surface area contributed by atoms with Crippen molar-refractivity contribution < 1.29 is 9.53 Å². The van der Waals surface area contributed by atoms with Crippen LogP contribution in [0.4, 0.5) is 0 Å². The molecule has 0 bridgehead atoms. The molecule has 26 heavy (non-hydrogen) atoms. The van der Waals surface area contributed by atoms with Gasteiger partial charge >= 0.3 is 0 Å². The summed E-state index contributed by atoms with van der Waals surface area (Å²) in [5.74, 6) is 0.853. The van der Waals surface area contributed by atoms with Gasteiger partial charge in [0.05, 0.1) is 11.4 Å². The van der Waals surface area contributed by atoms with Gasteiger partial charge in [-0.3, -0.25) is 19.7 Å². The SMILES string of the molecule is CCC[C@H]1CN(Cc2cnc(C)cn2)C[C@@H]1NC(=O)C1CCOCC1.Cl. The Balaban J connectivity index is 0.00000243. The summed E-state index contributed by atoms with van der Waals surface area (Å²) in [6.07, 6.45) is 7.66. The molecule has 1 aromatic rings. The van der Waals surface area contributed by atoms with Crippen molar-refractivity contribution in [2.75, 3.05) is 26.3 Å². The second kappa shape index (κ2) is 10.2. The molecule has 0 radical (unpaired) electrons. The Morgan fingerprint density at radius 2 is 2.04 bits per heavy atom. The lowest BCUT2D eigenvalue weighted by molar-refractivity contribution is -0.128. The molecule has 3 rings (SSSR count). The van der Waals surface area contributed by atoms with Crippen molar-refractivity contribution >= 4 is 18.3 Å². The van der Waals surface area contributed by atoms with E-state index in [9.17, 15) is 4.79 Å². The van der Waals surface area contributed by atoms with Crippen molar-refractivity contribution in [3.05, 3.63) is 23.8 Å². The molecule has 6 nitrogen and oxygen atoms in total. The fraction of sp³-hybridized carbons (Fsp3) is 0.737. The molecule has 0 saturated carbocycles. The van der Waals surface area contributed by atoms with E-state index < -0.39 is 0 Å². The van der Waals surface area contributed by atoms with E-state index >= 15 is 0 Å². The average molecular weight is 383 g/mol. The van der Waals surface area contributed by atoms with Crippen LogP contribution < -0.4 is 5.32 Å². The number of nitrogens with one attached hydrogen (secondary N) is 1. The summed E-state index contributed by atoms with van der Waals surface area (Å²) >= 11 is 0. The van der Waals surface area contributed by atoms with Gasteiger partial charge in [-0.1, -0.05) is 13.3 Å². The molecule has 2 fully saturated rings. The molecule has 0 unspecified atom stereocenters. The fourth-order valence-electron chi connectivity index (χ4n) is 3.91. The molecule has 2 aliphatic rings.